The second-order valence-corrected chi connectivity index (χ2v) is 20.9. The van der Waals surface area contributed by atoms with E-state index in [4.69, 9.17) is 65.4 Å². The first-order valence-electron chi connectivity index (χ1n) is 25.9. The molecule has 4 aromatic carbocycles. The number of urea groups is 2. The number of ether oxygens (including phenoxy) is 4. The van der Waals surface area contributed by atoms with Crippen LogP contribution in [0.2, 0.25) is 20.1 Å². The third kappa shape index (κ3) is 17.8. The molecule has 0 spiro atoms. The van der Waals surface area contributed by atoms with Crippen molar-refractivity contribution in [2.45, 2.75) is 50.9 Å². The average molecular weight is 1160 g/mol. The molecule has 4 heterocycles. The summed E-state index contributed by atoms with van der Waals surface area (Å²) in [6.45, 7) is 9.87. The number of benzene rings is 4. The normalized spacial score (nSPS) is 15.4. The Kier molecular flexibility index (Phi) is 23.6. The Balaban J connectivity index is 0.00000861. The lowest BCUT2D eigenvalue weighted by atomic mass is 9.84. The SMILES string of the molecule is CN1Cc2c(Cl)cc(Cl)cc2[C@H](c2cccc(-c3cn(CCOCCOCCNC(=O)NCCCCNC(=O)NCCOCCOCCn4cnc(-c5cccc([C@@H]6CN(C)Cc7c(Cl)cc(Cl)cc76)c5)c4)cn3)c2)C1.Cl. The summed E-state index contributed by atoms with van der Waals surface area (Å²) in [6, 6.07) is 24.2. The van der Waals surface area contributed by atoms with E-state index >= 15 is 0 Å². The number of rotatable bonds is 27. The molecule has 2 aromatic heterocycles. The zero-order valence-electron chi connectivity index (χ0n) is 43.6. The third-order valence-electron chi connectivity index (χ3n) is 13.4. The maximum atomic E-state index is 12.2. The molecule has 4 N–H and O–H groups in total. The smallest absolute Gasteiger partial charge is 0.314 e. The topological polar surface area (TPSA) is 161 Å². The standard InChI is InChI=1S/C56H68Cl4N10O6.ClH/c1-67-31-47(45-27-43(57)29-51(59)49(45)33-67)39-7-5-9-41(25-39)53-35-69(37-65-53)15-19-75-23-21-73-17-13-63-55(71)61-11-3-4-12-62-56(72)64-14-18-74-22-24-76-20-16-70-36-54(66-38-70)42-10-6-8-40(26-42)48-32-68(2)34-50-46(48)28-44(58)30-52(50)60;/h5-10,25-30,35-38,47-48H,3-4,11-24,31-34H2,1-2H3,(H2,61,63,71)(H2,62,64,72);1H/t47-,48-;/m0./s1. The fraction of sp³-hybridized carbons (Fsp3) is 0.429. The van der Waals surface area contributed by atoms with Crippen molar-refractivity contribution in [1.29, 1.82) is 0 Å². The van der Waals surface area contributed by atoms with E-state index in [2.05, 4.69) is 104 Å². The molecule has 21 heteroatoms. The van der Waals surface area contributed by atoms with Crippen molar-refractivity contribution >= 4 is 70.9 Å². The number of likely N-dealkylation sites (N-methyl/N-ethyl adjacent to an activating group) is 2. The lowest BCUT2D eigenvalue weighted by Crippen LogP contribution is -2.39. The molecule has 0 fully saturated rings. The number of hydrogen-bond donors (Lipinski definition) is 4. The van der Waals surface area contributed by atoms with Gasteiger partial charge in [-0.1, -0.05) is 82.8 Å². The minimum Gasteiger partial charge on any atom is -0.377 e. The van der Waals surface area contributed by atoms with Crippen LogP contribution in [-0.4, -0.2) is 147 Å². The molecule has 0 saturated heterocycles. The number of nitrogens with zero attached hydrogens (tertiary/aromatic N) is 6. The minimum atomic E-state index is -0.261. The van der Waals surface area contributed by atoms with Crippen LogP contribution in [0.5, 0.6) is 0 Å². The van der Waals surface area contributed by atoms with E-state index in [0.29, 0.717) is 112 Å². The predicted octanol–water partition coefficient (Wildman–Crippen LogP) is 9.75. The highest BCUT2D eigenvalue weighted by molar-refractivity contribution is 6.35. The van der Waals surface area contributed by atoms with E-state index in [1.807, 2.05) is 58.4 Å². The van der Waals surface area contributed by atoms with Crippen molar-refractivity contribution in [2.24, 2.45) is 0 Å². The van der Waals surface area contributed by atoms with Crippen molar-refractivity contribution in [3.63, 3.8) is 0 Å². The molecule has 4 amide bonds. The van der Waals surface area contributed by atoms with Gasteiger partial charge in [-0.3, -0.25) is 0 Å². The van der Waals surface area contributed by atoms with Crippen molar-refractivity contribution in [1.82, 2.24) is 50.2 Å². The maximum Gasteiger partial charge on any atom is 0.314 e. The number of hydrogen-bond acceptors (Lipinski definition) is 10. The van der Waals surface area contributed by atoms with Gasteiger partial charge in [0.1, 0.15) is 0 Å². The number of halogens is 5. The monoisotopic (exact) mass is 1150 g/mol. The maximum absolute atomic E-state index is 12.2. The Morgan fingerprint density at radius 1 is 0.545 bits per heavy atom. The number of fused-ring (bicyclic) bond motifs is 2. The van der Waals surface area contributed by atoms with Crippen molar-refractivity contribution in [3.05, 3.63) is 151 Å². The van der Waals surface area contributed by atoms with Crippen LogP contribution in [0.25, 0.3) is 22.5 Å². The number of aromatic nitrogens is 4. The summed E-state index contributed by atoms with van der Waals surface area (Å²) < 4.78 is 26.8. The molecular weight excluding hydrogens is 1090 g/mol. The molecule has 16 nitrogen and oxygen atoms in total. The van der Waals surface area contributed by atoms with Gasteiger partial charge in [0.2, 0.25) is 0 Å². The molecule has 8 rings (SSSR count). The van der Waals surface area contributed by atoms with E-state index in [9.17, 15) is 9.59 Å². The predicted molar refractivity (Wildman–Crippen MR) is 307 cm³/mol. The first kappa shape index (κ1) is 59.7. The molecular formula is C56H69Cl5N10O6. The van der Waals surface area contributed by atoms with Gasteiger partial charge in [0.15, 0.2) is 0 Å². The van der Waals surface area contributed by atoms with Gasteiger partial charge < -0.3 is 59.1 Å². The van der Waals surface area contributed by atoms with Crippen LogP contribution in [0, 0.1) is 0 Å². The Morgan fingerprint density at radius 2 is 0.948 bits per heavy atom. The minimum absolute atomic E-state index is 0. The highest BCUT2D eigenvalue weighted by atomic mass is 35.5. The van der Waals surface area contributed by atoms with Gasteiger partial charge in [-0.25, -0.2) is 19.6 Å². The molecule has 6 aromatic rings. The Bertz CT molecular complexity index is 2660. The fourth-order valence-corrected chi connectivity index (χ4v) is 10.7. The van der Waals surface area contributed by atoms with Crippen LogP contribution >= 0.6 is 58.8 Å². The van der Waals surface area contributed by atoms with E-state index in [1.165, 1.54) is 22.3 Å². The molecule has 414 valence electrons. The molecule has 2 aliphatic heterocycles. The van der Waals surface area contributed by atoms with E-state index in [0.717, 1.165) is 72.7 Å². The molecule has 0 saturated carbocycles. The quantitative estimate of drug-likeness (QED) is 0.0366. The molecule has 0 radical (unpaired) electrons. The molecule has 2 atom stereocenters. The molecule has 0 unspecified atom stereocenters. The number of nitrogens with one attached hydrogen (secondary N) is 4. The summed E-state index contributed by atoms with van der Waals surface area (Å²) in [4.78, 5) is 38.2. The number of carbonyl (C=O) groups is 2. The van der Waals surface area contributed by atoms with Crippen LogP contribution in [0.1, 0.15) is 58.1 Å². The van der Waals surface area contributed by atoms with Gasteiger partial charge in [-0.2, -0.15) is 0 Å². The summed E-state index contributed by atoms with van der Waals surface area (Å²) >= 11 is 26.0. The number of unbranched alkanes of at least 4 members (excludes halogenated alkanes) is 1. The highest BCUT2D eigenvalue weighted by Gasteiger charge is 2.29. The Morgan fingerprint density at radius 3 is 1.38 bits per heavy atom. The van der Waals surface area contributed by atoms with E-state index < -0.39 is 0 Å². The fourth-order valence-electron chi connectivity index (χ4n) is 9.59. The van der Waals surface area contributed by atoms with Crippen molar-refractivity contribution in [3.8, 4) is 22.5 Å². The van der Waals surface area contributed by atoms with Gasteiger partial charge in [-0.15, -0.1) is 12.4 Å². The summed E-state index contributed by atoms with van der Waals surface area (Å²) in [5.41, 5.74) is 10.9. The summed E-state index contributed by atoms with van der Waals surface area (Å²) in [5.74, 6) is 0.304. The number of imidazole rings is 2. The van der Waals surface area contributed by atoms with Crippen LogP contribution in [0.4, 0.5) is 9.59 Å². The van der Waals surface area contributed by atoms with Crippen LogP contribution in [0.15, 0.2) is 97.8 Å². The third-order valence-corrected chi connectivity index (χ3v) is 14.5. The molecule has 0 bridgehead atoms. The van der Waals surface area contributed by atoms with E-state index in [1.54, 1.807) is 0 Å². The highest BCUT2D eigenvalue weighted by Crippen LogP contribution is 2.41. The average Bonchev–Trinajstić information content (AvgIpc) is 4.15. The summed E-state index contributed by atoms with van der Waals surface area (Å²) in [7, 11) is 4.22. The van der Waals surface area contributed by atoms with Crippen LogP contribution in [-0.2, 0) is 45.1 Å². The van der Waals surface area contributed by atoms with Crippen molar-refractivity contribution in [2.75, 3.05) is 106 Å². The molecule has 2 aliphatic rings. The zero-order chi connectivity index (χ0) is 53.2. The van der Waals surface area contributed by atoms with Gasteiger partial charge in [0.05, 0.1) is 76.9 Å². The molecule has 0 aliphatic carbocycles. The zero-order valence-corrected chi connectivity index (χ0v) is 47.4. The van der Waals surface area contributed by atoms with Gasteiger partial charge >= 0.3 is 12.1 Å². The van der Waals surface area contributed by atoms with Gasteiger partial charge in [0.25, 0.3) is 0 Å². The number of carbonyl (C=O) groups excluding carboxylic acids is 2. The van der Waals surface area contributed by atoms with Crippen LogP contribution < -0.4 is 21.3 Å². The Hall–Kier alpha value is -4.95. The van der Waals surface area contributed by atoms with Gasteiger partial charge in [0, 0.05) is 121 Å². The van der Waals surface area contributed by atoms with E-state index in [-0.39, 0.29) is 36.3 Å². The van der Waals surface area contributed by atoms with Gasteiger partial charge in [-0.05, 0) is 96.7 Å². The summed E-state index contributed by atoms with van der Waals surface area (Å²) in [5, 5.41) is 14.0. The molecule has 77 heavy (non-hydrogen) atoms. The summed E-state index contributed by atoms with van der Waals surface area (Å²) in [6.07, 6.45) is 9.15. The first-order valence-corrected chi connectivity index (χ1v) is 27.4. The Labute approximate surface area is 477 Å². The lowest BCUT2D eigenvalue weighted by Gasteiger charge is -2.33. The largest absolute Gasteiger partial charge is 0.377 e. The second kappa shape index (κ2) is 30.4. The number of amides is 4. The van der Waals surface area contributed by atoms with Crippen LogP contribution in [0.3, 0.4) is 0 Å². The first-order chi connectivity index (χ1) is 37.0. The van der Waals surface area contributed by atoms with Crippen molar-refractivity contribution < 1.29 is 28.5 Å². The lowest BCUT2D eigenvalue weighted by molar-refractivity contribution is 0.0464. The second-order valence-electron chi connectivity index (χ2n) is 19.2.